The lowest BCUT2D eigenvalue weighted by Gasteiger charge is -1.93. The van der Waals surface area contributed by atoms with Crippen LogP contribution in [0.3, 0.4) is 0 Å². The second kappa shape index (κ2) is 6.27. The second-order valence-electron chi connectivity index (χ2n) is 1.54. The Morgan fingerprint density at radius 2 is 2.50 bits per heavy atom. The van der Waals surface area contributed by atoms with Crippen molar-refractivity contribution in [2.24, 2.45) is 10.8 Å². The normalized spacial score (nSPS) is 10.1. The average molecular weight is 115 g/mol. The molecule has 0 radical (unpaired) electrons. The minimum atomic E-state index is 0.921. The molecule has 3 N–H and O–H groups in total. The van der Waals surface area contributed by atoms with Gasteiger partial charge in [-0.25, -0.2) is 0 Å². The van der Waals surface area contributed by atoms with Crippen LogP contribution >= 0.6 is 0 Å². The quantitative estimate of drug-likeness (QED) is 0.239. The summed E-state index contributed by atoms with van der Waals surface area (Å²) in [7, 11) is 0. The highest BCUT2D eigenvalue weighted by atomic mass is 15.3. The molecular weight excluding hydrogens is 102 g/mol. The molecule has 3 heteroatoms. The summed E-state index contributed by atoms with van der Waals surface area (Å²) >= 11 is 0. The van der Waals surface area contributed by atoms with Gasteiger partial charge in [0, 0.05) is 6.54 Å². The summed E-state index contributed by atoms with van der Waals surface area (Å²) in [5.41, 5.74) is 7.74. The minimum absolute atomic E-state index is 0.921. The highest BCUT2D eigenvalue weighted by molar-refractivity contribution is 5.50. The third kappa shape index (κ3) is 5.27. The molecule has 0 saturated heterocycles. The molecule has 0 atom stereocenters. The van der Waals surface area contributed by atoms with Crippen molar-refractivity contribution in [3.05, 3.63) is 0 Å². The fourth-order valence-corrected chi connectivity index (χ4v) is 0.373. The number of hydrogen-bond acceptors (Lipinski definition) is 2. The molecule has 0 rings (SSSR count). The van der Waals surface area contributed by atoms with Gasteiger partial charge in [0.25, 0.3) is 0 Å². The molecule has 0 aromatic rings. The van der Waals surface area contributed by atoms with Crippen LogP contribution in [0.5, 0.6) is 0 Å². The van der Waals surface area contributed by atoms with E-state index in [0.29, 0.717) is 0 Å². The number of hydrazone groups is 1. The van der Waals surface area contributed by atoms with Crippen molar-refractivity contribution in [3.63, 3.8) is 0 Å². The van der Waals surface area contributed by atoms with Crippen LogP contribution in [-0.4, -0.2) is 12.9 Å². The first-order valence-electron chi connectivity index (χ1n) is 2.88. The Kier molecular flexibility index (Phi) is 5.70. The summed E-state index contributed by atoms with van der Waals surface area (Å²) in [6, 6.07) is 0. The molecule has 0 heterocycles. The molecule has 0 aromatic heterocycles. The van der Waals surface area contributed by atoms with Gasteiger partial charge < -0.3 is 11.2 Å². The maximum absolute atomic E-state index is 4.96. The first-order valence-corrected chi connectivity index (χ1v) is 2.88. The van der Waals surface area contributed by atoms with Gasteiger partial charge in [-0.2, -0.15) is 5.10 Å². The number of unbranched alkanes of at least 4 members (excludes halogenated alkanes) is 1. The molecule has 0 aliphatic heterocycles. The van der Waals surface area contributed by atoms with Crippen molar-refractivity contribution in [2.45, 2.75) is 19.8 Å². The summed E-state index contributed by atoms with van der Waals surface area (Å²) < 4.78 is 0. The lowest BCUT2D eigenvalue weighted by molar-refractivity contribution is 0.673. The van der Waals surface area contributed by atoms with E-state index in [1.165, 1.54) is 12.8 Å². The molecule has 8 heavy (non-hydrogen) atoms. The van der Waals surface area contributed by atoms with Crippen molar-refractivity contribution in [1.82, 2.24) is 5.43 Å². The van der Waals surface area contributed by atoms with E-state index < -0.39 is 0 Å². The topological polar surface area (TPSA) is 50.4 Å². The fraction of sp³-hybridized carbons (Fsp3) is 0.800. The molecule has 0 saturated carbocycles. The van der Waals surface area contributed by atoms with Crippen molar-refractivity contribution in [3.8, 4) is 0 Å². The third-order valence-corrected chi connectivity index (χ3v) is 0.808. The zero-order valence-electron chi connectivity index (χ0n) is 5.22. The largest absolute Gasteiger partial charge is 0.388 e. The molecule has 0 unspecified atom stereocenters. The summed E-state index contributed by atoms with van der Waals surface area (Å²) in [6.45, 7) is 3.05. The molecule has 0 aromatic carbocycles. The zero-order valence-corrected chi connectivity index (χ0v) is 5.22. The molecular formula is C5H13N3. The van der Waals surface area contributed by atoms with Gasteiger partial charge in [-0.05, 0) is 6.42 Å². The van der Waals surface area contributed by atoms with Gasteiger partial charge in [-0.1, -0.05) is 13.3 Å². The predicted molar refractivity (Wildman–Crippen MR) is 35.6 cm³/mol. The molecule has 0 aliphatic rings. The molecule has 3 nitrogen and oxygen atoms in total. The lowest BCUT2D eigenvalue weighted by atomic mass is 10.3. The van der Waals surface area contributed by atoms with E-state index in [1.54, 1.807) is 0 Å². The lowest BCUT2D eigenvalue weighted by Crippen LogP contribution is -2.08. The smallest absolute Gasteiger partial charge is 0.106 e. The standard InChI is InChI=1S/C5H13N3/c1-2-3-4-7-8-5-6/h5,7H,2-4H2,1H3,(H2,6,8). The summed E-state index contributed by atoms with van der Waals surface area (Å²) in [6.07, 6.45) is 3.60. The van der Waals surface area contributed by atoms with Crippen molar-refractivity contribution in [1.29, 1.82) is 0 Å². The highest BCUT2D eigenvalue weighted by Crippen LogP contribution is 1.80. The first-order chi connectivity index (χ1) is 3.91. The van der Waals surface area contributed by atoms with Gasteiger partial charge in [0.15, 0.2) is 0 Å². The van der Waals surface area contributed by atoms with E-state index >= 15 is 0 Å². The molecule has 48 valence electrons. The van der Waals surface area contributed by atoms with Gasteiger partial charge >= 0.3 is 0 Å². The van der Waals surface area contributed by atoms with Crippen LogP contribution in [0.2, 0.25) is 0 Å². The third-order valence-electron chi connectivity index (χ3n) is 0.808. The first kappa shape index (κ1) is 7.27. The molecule has 0 bridgehead atoms. The van der Waals surface area contributed by atoms with Crippen LogP contribution in [0.1, 0.15) is 19.8 Å². The number of hydrogen-bond donors (Lipinski definition) is 2. The Labute approximate surface area is 50.0 Å². The number of nitrogens with zero attached hydrogens (tertiary/aromatic N) is 1. The van der Waals surface area contributed by atoms with Gasteiger partial charge in [0.1, 0.15) is 6.34 Å². The van der Waals surface area contributed by atoms with Crippen LogP contribution in [0.15, 0.2) is 5.10 Å². The number of nitrogens with two attached hydrogens (primary N) is 1. The molecule has 0 amide bonds. The van der Waals surface area contributed by atoms with Crippen LogP contribution in [0, 0.1) is 0 Å². The molecule has 0 fully saturated rings. The van der Waals surface area contributed by atoms with Gasteiger partial charge in [-0.3, -0.25) is 0 Å². The van der Waals surface area contributed by atoms with Gasteiger partial charge in [0.2, 0.25) is 0 Å². The summed E-state index contributed by atoms with van der Waals surface area (Å²) in [4.78, 5) is 0. The van der Waals surface area contributed by atoms with Crippen LogP contribution < -0.4 is 11.2 Å². The van der Waals surface area contributed by atoms with E-state index in [1.807, 2.05) is 0 Å². The van der Waals surface area contributed by atoms with Crippen molar-refractivity contribution >= 4 is 6.34 Å². The van der Waals surface area contributed by atoms with Gasteiger partial charge in [0.05, 0.1) is 0 Å². The predicted octanol–water partition coefficient (Wildman–Crippen LogP) is 0.278. The monoisotopic (exact) mass is 115 g/mol. The van der Waals surface area contributed by atoms with Crippen LogP contribution in [0.4, 0.5) is 0 Å². The number of rotatable bonds is 4. The van der Waals surface area contributed by atoms with E-state index in [4.69, 9.17) is 5.73 Å². The van der Waals surface area contributed by atoms with E-state index in [2.05, 4.69) is 17.5 Å². The minimum Gasteiger partial charge on any atom is -0.388 e. The Bertz CT molecular complexity index is 60.7. The Balaban J connectivity index is 2.72. The van der Waals surface area contributed by atoms with Crippen LogP contribution in [-0.2, 0) is 0 Å². The molecule has 0 spiro atoms. The van der Waals surface area contributed by atoms with E-state index in [0.717, 1.165) is 13.0 Å². The maximum atomic E-state index is 4.96. The van der Waals surface area contributed by atoms with E-state index in [-0.39, 0.29) is 0 Å². The zero-order chi connectivity index (χ0) is 6.24. The van der Waals surface area contributed by atoms with E-state index in [9.17, 15) is 0 Å². The maximum Gasteiger partial charge on any atom is 0.106 e. The SMILES string of the molecule is CCCCNN=CN. The number of nitrogens with one attached hydrogen (secondary N) is 1. The van der Waals surface area contributed by atoms with Gasteiger partial charge in [-0.15, -0.1) is 0 Å². The highest BCUT2D eigenvalue weighted by Gasteiger charge is 1.76. The second-order valence-corrected chi connectivity index (χ2v) is 1.54. The Morgan fingerprint density at radius 3 is 3.00 bits per heavy atom. The summed E-state index contributed by atoms with van der Waals surface area (Å²) in [5, 5.41) is 3.61. The Morgan fingerprint density at radius 1 is 1.75 bits per heavy atom. The molecule has 0 aliphatic carbocycles. The average Bonchev–Trinajstić information content (AvgIpc) is 1.81. The fourth-order valence-electron chi connectivity index (χ4n) is 0.373. The summed E-state index contributed by atoms with van der Waals surface area (Å²) in [5.74, 6) is 0. The Hall–Kier alpha value is -0.730. The van der Waals surface area contributed by atoms with Crippen molar-refractivity contribution in [2.75, 3.05) is 6.54 Å². The van der Waals surface area contributed by atoms with Crippen LogP contribution in [0.25, 0.3) is 0 Å². The van der Waals surface area contributed by atoms with Crippen molar-refractivity contribution < 1.29 is 0 Å².